The first-order chi connectivity index (χ1) is 10.1. The second kappa shape index (κ2) is 5.65. The molecule has 0 saturated carbocycles. The fraction of sp³-hybridized carbons (Fsp3) is 0.500. The number of aliphatic hydroxyl groups excluding tert-OH is 1. The molecule has 0 heterocycles. The number of benzene rings is 1. The average molecular weight is 320 g/mol. The zero-order valence-corrected chi connectivity index (χ0v) is 12.5. The van der Waals surface area contributed by atoms with Gasteiger partial charge in [0.1, 0.15) is 6.10 Å². The van der Waals surface area contributed by atoms with E-state index in [4.69, 9.17) is 0 Å². The van der Waals surface area contributed by atoms with Crippen LogP contribution >= 0.6 is 0 Å². The maximum absolute atomic E-state index is 13.9. The van der Waals surface area contributed by atoms with Gasteiger partial charge in [0.25, 0.3) is 0 Å². The van der Waals surface area contributed by atoms with Crippen LogP contribution in [0.5, 0.6) is 0 Å². The molecule has 122 valence electrons. The fourth-order valence-corrected chi connectivity index (χ4v) is 3.25. The van der Waals surface area contributed by atoms with Gasteiger partial charge in [-0.15, -0.1) is 0 Å². The van der Waals surface area contributed by atoms with Crippen LogP contribution in [-0.4, -0.2) is 5.11 Å². The van der Waals surface area contributed by atoms with Crippen LogP contribution in [0.25, 0.3) is 0 Å². The molecule has 0 amide bonds. The first-order valence-electron chi connectivity index (χ1n) is 6.99. The lowest BCUT2D eigenvalue weighted by atomic mass is 9.69. The molecule has 0 bridgehead atoms. The predicted octanol–water partition coefficient (Wildman–Crippen LogP) is 4.94. The van der Waals surface area contributed by atoms with Gasteiger partial charge in [-0.05, 0) is 37.2 Å². The van der Waals surface area contributed by atoms with E-state index in [-0.39, 0.29) is 0 Å². The Balaban J connectivity index is 2.67. The summed E-state index contributed by atoms with van der Waals surface area (Å²) in [5, 5.41) is 10.4. The van der Waals surface area contributed by atoms with Crippen molar-refractivity contribution in [3.8, 4) is 0 Å². The van der Waals surface area contributed by atoms with Gasteiger partial charge in [0.15, 0.2) is 23.3 Å². The maximum atomic E-state index is 13.9. The highest BCUT2D eigenvalue weighted by Gasteiger charge is 2.38. The summed E-state index contributed by atoms with van der Waals surface area (Å²) >= 11 is 0. The highest BCUT2D eigenvalue weighted by molar-refractivity contribution is 5.36. The minimum atomic E-state index is -2.22. The normalized spacial score (nSPS) is 19.5. The summed E-state index contributed by atoms with van der Waals surface area (Å²) < 4.78 is 67.5. The Morgan fingerprint density at radius 2 is 1.36 bits per heavy atom. The molecule has 1 aliphatic rings. The molecule has 1 aromatic carbocycles. The topological polar surface area (TPSA) is 20.2 Å². The predicted molar refractivity (Wildman–Crippen MR) is 71.5 cm³/mol. The molecule has 0 aliphatic heterocycles. The van der Waals surface area contributed by atoms with Crippen molar-refractivity contribution < 1.29 is 27.1 Å². The van der Waals surface area contributed by atoms with Gasteiger partial charge in [0.05, 0.1) is 5.56 Å². The third-order valence-electron chi connectivity index (χ3n) is 4.33. The second-order valence-corrected chi connectivity index (χ2v) is 6.32. The van der Waals surface area contributed by atoms with Crippen molar-refractivity contribution in [1.82, 2.24) is 0 Å². The van der Waals surface area contributed by atoms with E-state index in [1.807, 2.05) is 0 Å². The van der Waals surface area contributed by atoms with Crippen molar-refractivity contribution in [2.24, 2.45) is 5.41 Å². The van der Waals surface area contributed by atoms with E-state index in [0.29, 0.717) is 24.0 Å². The molecular weight excluding hydrogens is 303 g/mol. The molecule has 0 radical (unpaired) electrons. The van der Waals surface area contributed by atoms with Crippen LogP contribution in [0.1, 0.15) is 51.7 Å². The molecule has 0 saturated heterocycles. The molecule has 2 rings (SSSR count). The van der Waals surface area contributed by atoms with Gasteiger partial charge < -0.3 is 5.11 Å². The van der Waals surface area contributed by atoms with Crippen LogP contribution in [-0.2, 0) is 0 Å². The minimum Gasteiger partial charge on any atom is -0.384 e. The second-order valence-electron chi connectivity index (χ2n) is 6.32. The van der Waals surface area contributed by atoms with E-state index in [1.165, 1.54) is 0 Å². The van der Waals surface area contributed by atoms with Crippen molar-refractivity contribution >= 4 is 0 Å². The molecule has 22 heavy (non-hydrogen) atoms. The van der Waals surface area contributed by atoms with Crippen LogP contribution < -0.4 is 0 Å². The van der Waals surface area contributed by atoms with Crippen molar-refractivity contribution in [2.75, 3.05) is 0 Å². The summed E-state index contributed by atoms with van der Waals surface area (Å²) in [7, 11) is 0. The third kappa shape index (κ3) is 2.53. The summed E-state index contributed by atoms with van der Waals surface area (Å²) in [6, 6.07) is 0. The van der Waals surface area contributed by atoms with Crippen LogP contribution in [0.2, 0.25) is 0 Å². The molecule has 0 spiro atoms. The van der Waals surface area contributed by atoms with E-state index in [2.05, 4.69) is 0 Å². The number of hydrogen-bond acceptors (Lipinski definition) is 1. The van der Waals surface area contributed by atoms with Gasteiger partial charge >= 0.3 is 0 Å². The smallest absolute Gasteiger partial charge is 0.200 e. The largest absolute Gasteiger partial charge is 0.384 e. The quantitative estimate of drug-likeness (QED) is 0.354. The molecule has 0 aromatic heterocycles. The highest BCUT2D eigenvalue weighted by atomic mass is 19.2. The minimum absolute atomic E-state index is 0.321. The van der Waals surface area contributed by atoms with Crippen molar-refractivity contribution in [1.29, 1.82) is 0 Å². The summed E-state index contributed by atoms with van der Waals surface area (Å²) in [6.07, 6.45) is 0.253. The van der Waals surface area contributed by atoms with Gasteiger partial charge in [-0.1, -0.05) is 19.4 Å². The lowest BCUT2D eigenvalue weighted by Gasteiger charge is -2.37. The molecule has 1 aromatic rings. The summed E-state index contributed by atoms with van der Waals surface area (Å²) in [6.45, 7) is 5.26. The van der Waals surface area contributed by atoms with Gasteiger partial charge in [-0.3, -0.25) is 0 Å². The van der Waals surface area contributed by atoms with Crippen LogP contribution in [0.15, 0.2) is 11.1 Å². The monoisotopic (exact) mass is 320 g/mol. The molecule has 1 unspecified atom stereocenters. The van der Waals surface area contributed by atoms with E-state index in [0.717, 1.165) is 6.42 Å². The number of aliphatic hydroxyl groups is 1. The number of halogens is 5. The fourth-order valence-electron chi connectivity index (χ4n) is 3.25. The molecule has 6 heteroatoms. The van der Waals surface area contributed by atoms with E-state index in [9.17, 15) is 27.1 Å². The van der Waals surface area contributed by atoms with E-state index in [1.54, 1.807) is 20.8 Å². The van der Waals surface area contributed by atoms with Crippen molar-refractivity contribution in [3.63, 3.8) is 0 Å². The zero-order valence-electron chi connectivity index (χ0n) is 12.5. The average Bonchev–Trinajstić information content (AvgIpc) is 2.42. The van der Waals surface area contributed by atoms with Gasteiger partial charge in [0.2, 0.25) is 5.82 Å². The molecule has 1 nitrogen and oxygen atoms in total. The molecular formula is C16H17F5O. The Bertz CT molecular complexity index is 619. The Kier molecular flexibility index (Phi) is 4.35. The maximum Gasteiger partial charge on any atom is 0.200 e. The lowest BCUT2D eigenvalue weighted by Crippen LogP contribution is -2.26. The summed E-state index contributed by atoms with van der Waals surface area (Å²) in [4.78, 5) is 0. The van der Waals surface area contributed by atoms with Crippen LogP contribution in [0.3, 0.4) is 0 Å². The number of allylic oxidation sites excluding steroid dienone is 1. The highest BCUT2D eigenvalue weighted by Crippen LogP contribution is 2.47. The first-order valence-corrected chi connectivity index (χ1v) is 6.99. The third-order valence-corrected chi connectivity index (χ3v) is 4.33. The standard InChI is InChI=1S/C16H17F5O/c1-7-5-4-6-16(2,3)9(7)15(22)8-10(17)12(19)14(21)13(20)11(8)18/h15,22H,4-6H2,1-3H3. The van der Waals surface area contributed by atoms with Crippen molar-refractivity contribution in [3.05, 3.63) is 45.8 Å². The Hall–Kier alpha value is -1.43. The molecule has 1 aliphatic carbocycles. The molecule has 1 atom stereocenters. The SMILES string of the molecule is CC1=C(C(O)c2c(F)c(F)c(F)c(F)c2F)C(C)(C)CCC1. The van der Waals surface area contributed by atoms with Gasteiger partial charge in [-0.25, -0.2) is 22.0 Å². The number of rotatable bonds is 2. The zero-order chi connectivity index (χ0) is 16.8. The molecule has 0 fully saturated rings. The summed E-state index contributed by atoms with van der Waals surface area (Å²) in [5.41, 5.74) is -0.725. The Morgan fingerprint density at radius 1 is 0.909 bits per heavy atom. The summed E-state index contributed by atoms with van der Waals surface area (Å²) in [5.74, 6) is -10.3. The Labute approximate surface area is 125 Å². The number of hydrogen-bond donors (Lipinski definition) is 1. The Morgan fingerprint density at radius 3 is 1.82 bits per heavy atom. The first kappa shape index (κ1) is 16.9. The van der Waals surface area contributed by atoms with Crippen LogP contribution in [0.4, 0.5) is 22.0 Å². The lowest BCUT2D eigenvalue weighted by molar-refractivity contribution is 0.159. The van der Waals surface area contributed by atoms with Gasteiger partial charge in [0, 0.05) is 0 Å². The van der Waals surface area contributed by atoms with E-state index < -0.39 is 46.2 Å². The van der Waals surface area contributed by atoms with E-state index >= 15 is 0 Å². The molecule has 1 N–H and O–H groups in total. The van der Waals surface area contributed by atoms with Crippen LogP contribution in [0, 0.1) is 34.5 Å². The van der Waals surface area contributed by atoms with Crippen molar-refractivity contribution in [2.45, 2.75) is 46.1 Å². The van der Waals surface area contributed by atoms with Gasteiger partial charge in [-0.2, -0.15) is 0 Å².